The summed E-state index contributed by atoms with van der Waals surface area (Å²) >= 11 is 0. The number of benzene rings is 2. The fourth-order valence-electron chi connectivity index (χ4n) is 4.52. The van der Waals surface area contributed by atoms with Crippen LogP contribution >= 0.6 is 0 Å². The smallest absolute Gasteiger partial charge is 0.283 e. The van der Waals surface area contributed by atoms with E-state index in [0.717, 1.165) is 16.7 Å². The Morgan fingerprint density at radius 2 is 1.53 bits per heavy atom. The third kappa shape index (κ3) is 4.88. The van der Waals surface area contributed by atoms with Gasteiger partial charge in [-0.2, -0.15) is 4.31 Å². The summed E-state index contributed by atoms with van der Waals surface area (Å²) in [6.45, 7) is 6.04. The van der Waals surface area contributed by atoms with Crippen LogP contribution in [0, 0.1) is 26.7 Å². The number of nitrogens with one attached hydrogen (secondary N) is 2. The van der Waals surface area contributed by atoms with E-state index < -0.39 is 28.0 Å². The molecule has 1 fully saturated rings. The van der Waals surface area contributed by atoms with Crippen molar-refractivity contribution >= 4 is 21.8 Å². The van der Waals surface area contributed by atoms with Crippen LogP contribution in [0.5, 0.6) is 11.5 Å². The molecule has 0 radical (unpaired) electrons. The zero-order valence-corrected chi connectivity index (χ0v) is 20.3. The van der Waals surface area contributed by atoms with Crippen molar-refractivity contribution in [2.45, 2.75) is 44.6 Å². The van der Waals surface area contributed by atoms with Gasteiger partial charge >= 0.3 is 0 Å². The number of aryl methyl sites for hydroxylation is 3. The Bertz CT molecular complexity index is 1180. The summed E-state index contributed by atoms with van der Waals surface area (Å²) in [6.07, 6.45) is -0.161. The molecule has 1 unspecified atom stereocenters. The summed E-state index contributed by atoms with van der Waals surface area (Å²) < 4.78 is 39.1. The number of hydrogen-bond donors (Lipinski definition) is 2. The van der Waals surface area contributed by atoms with Crippen molar-refractivity contribution in [3.63, 3.8) is 0 Å². The van der Waals surface area contributed by atoms with Gasteiger partial charge in [0, 0.05) is 19.0 Å². The molecule has 2 aliphatic heterocycles. The molecule has 10 heteroatoms. The Morgan fingerprint density at radius 3 is 2.18 bits per heavy atom. The highest BCUT2D eigenvalue weighted by molar-refractivity contribution is 7.89. The molecule has 1 atom stereocenters. The molecular weight excluding hydrogens is 458 g/mol. The van der Waals surface area contributed by atoms with E-state index in [1.54, 1.807) is 32.0 Å². The normalized spacial score (nSPS) is 18.9. The van der Waals surface area contributed by atoms with Gasteiger partial charge in [-0.25, -0.2) is 8.42 Å². The predicted molar refractivity (Wildman–Crippen MR) is 125 cm³/mol. The van der Waals surface area contributed by atoms with Crippen molar-refractivity contribution in [1.29, 1.82) is 0 Å². The van der Waals surface area contributed by atoms with Crippen LogP contribution in [-0.4, -0.2) is 50.3 Å². The van der Waals surface area contributed by atoms with Gasteiger partial charge in [0.15, 0.2) is 11.5 Å². The first-order valence-electron chi connectivity index (χ1n) is 11.2. The Labute approximate surface area is 199 Å². The Kier molecular flexibility index (Phi) is 6.81. The molecule has 2 aromatic rings. The van der Waals surface area contributed by atoms with Crippen LogP contribution < -0.4 is 20.3 Å². The monoisotopic (exact) mass is 487 g/mol. The van der Waals surface area contributed by atoms with Crippen LogP contribution in [0.3, 0.4) is 0 Å². The fourth-order valence-corrected chi connectivity index (χ4v) is 6.40. The van der Waals surface area contributed by atoms with Gasteiger partial charge in [-0.1, -0.05) is 29.8 Å². The minimum atomic E-state index is -3.65. The van der Waals surface area contributed by atoms with Crippen molar-refractivity contribution in [3.05, 3.63) is 53.1 Å². The SMILES string of the molecule is Cc1cc(C)c(S(=O)(=O)N2CCC(C(=O)NNC(=O)C3COc4ccccc4O3)CC2)c(C)c1. The number of amides is 2. The van der Waals surface area contributed by atoms with Crippen molar-refractivity contribution in [2.24, 2.45) is 5.92 Å². The topological polar surface area (TPSA) is 114 Å². The minimum Gasteiger partial charge on any atom is -0.485 e. The second-order valence-corrected chi connectivity index (χ2v) is 10.6. The highest BCUT2D eigenvalue weighted by Gasteiger charge is 2.34. The molecule has 34 heavy (non-hydrogen) atoms. The highest BCUT2D eigenvalue weighted by Crippen LogP contribution is 2.31. The molecule has 0 aliphatic carbocycles. The molecule has 1 saturated heterocycles. The van der Waals surface area contributed by atoms with Gasteiger partial charge in [-0.05, 0) is 56.9 Å². The van der Waals surface area contributed by atoms with Gasteiger partial charge < -0.3 is 9.47 Å². The van der Waals surface area contributed by atoms with Gasteiger partial charge in [-0.3, -0.25) is 20.4 Å². The number of sulfonamides is 1. The molecule has 182 valence electrons. The maximum absolute atomic E-state index is 13.2. The lowest BCUT2D eigenvalue weighted by molar-refractivity contribution is -0.136. The molecule has 2 aromatic carbocycles. The van der Waals surface area contributed by atoms with Crippen LogP contribution in [0.15, 0.2) is 41.3 Å². The van der Waals surface area contributed by atoms with Crippen LogP contribution in [0.25, 0.3) is 0 Å². The maximum Gasteiger partial charge on any atom is 0.283 e. The number of fused-ring (bicyclic) bond motifs is 1. The Hall–Kier alpha value is -3.11. The number of nitrogens with zero attached hydrogens (tertiary/aromatic N) is 1. The average Bonchev–Trinajstić information content (AvgIpc) is 2.81. The minimum absolute atomic E-state index is 0.0345. The van der Waals surface area contributed by atoms with Crippen LogP contribution in [-0.2, 0) is 19.6 Å². The Morgan fingerprint density at radius 1 is 0.941 bits per heavy atom. The second-order valence-electron chi connectivity index (χ2n) is 8.75. The molecule has 2 amide bonds. The second kappa shape index (κ2) is 9.63. The lowest BCUT2D eigenvalue weighted by Gasteiger charge is -2.31. The van der Waals surface area contributed by atoms with Crippen molar-refractivity contribution in [2.75, 3.05) is 19.7 Å². The molecule has 0 saturated carbocycles. The largest absolute Gasteiger partial charge is 0.485 e. The first-order chi connectivity index (χ1) is 16.2. The average molecular weight is 488 g/mol. The molecule has 0 spiro atoms. The van der Waals surface area contributed by atoms with Crippen LogP contribution in [0.1, 0.15) is 29.5 Å². The van der Waals surface area contributed by atoms with E-state index in [2.05, 4.69) is 10.9 Å². The summed E-state index contributed by atoms with van der Waals surface area (Å²) in [4.78, 5) is 25.3. The lowest BCUT2D eigenvalue weighted by Crippen LogP contribution is -2.53. The summed E-state index contributed by atoms with van der Waals surface area (Å²) in [5.41, 5.74) is 7.29. The number of para-hydroxylation sites is 2. The molecule has 9 nitrogen and oxygen atoms in total. The lowest BCUT2D eigenvalue weighted by atomic mass is 9.98. The van der Waals surface area contributed by atoms with E-state index in [9.17, 15) is 18.0 Å². The number of ether oxygens (including phenoxy) is 2. The third-order valence-electron chi connectivity index (χ3n) is 6.14. The van der Waals surface area contributed by atoms with Gasteiger partial charge in [-0.15, -0.1) is 0 Å². The van der Waals surface area contributed by atoms with Crippen molar-refractivity contribution < 1.29 is 27.5 Å². The molecular formula is C24H29N3O6S. The zero-order chi connectivity index (χ0) is 24.5. The number of rotatable bonds is 4. The maximum atomic E-state index is 13.2. The number of hydrazine groups is 1. The van der Waals surface area contributed by atoms with Gasteiger partial charge in [0.2, 0.25) is 22.0 Å². The molecule has 2 N–H and O–H groups in total. The summed E-state index contributed by atoms with van der Waals surface area (Å²) in [7, 11) is -3.65. The number of hydrogen-bond acceptors (Lipinski definition) is 6. The molecule has 4 rings (SSSR count). The standard InChI is InChI=1S/C24H29N3O6S/c1-15-12-16(2)22(17(3)13-15)34(30,31)27-10-8-18(9-11-27)23(28)25-26-24(29)21-14-32-19-6-4-5-7-20(19)33-21/h4-7,12-13,18,21H,8-11,14H2,1-3H3,(H,25,28)(H,26,29). The van der Waals surface area contributed by atoms with Crippen LogP contribution in [0.4, 0.5) is 0 Å². The van der Waals surface area contributed by atoms with E-state index in [1.165, 1.54) is 4.31 Å². The van der Waals surface area contributed by atoms with E-state index in [4.69, 9.17) is 9.47 Å². The van der Waals surface area contributed by atoms with Gasteiger partial charge in [0.1, 0.15) is 6.61 Å². The third-order valence-corrected chi connectivity index (χ3v) is 8.34. The van der Waals surface area contributed by atoms with Crippen LogP contribution in [0.2, 0.25) is 0 Å². The summed E-state index contributed by atoms with van der Waals surface area (Å²) in [6, 6.07) is 10.8. The van der Waals surface area contributed by atoms with Crippen molar-refractivity contribution in [1.82, 2.24) is 15.2 Å². The zero-order valence-electron chi connectivity index (χ0n) is 19.5. The number of piperidine rings is 1. The first-order valence-corrected chi connectivity index (χ1v) is 12.7. The number of carbonyl (C=O) groups excluding carboxylic acids is 2. The summed E-state index contributed by atoms with van der Waals surface area (Å²) in [5.74, 6) is -0.254. The molecule has 2 heterocycles. The van der Waals surface area contributed by atoms with E-state index in [0.29, 0.717) is 29.2 Å². The first kappa shape index (κ1) is 24.0. The fraction of sp³-hybridized carbons (Fsp3) is 0.417. The Balaban J connectivity index is 1.30. The molecule has 0 aromatic heterocycles. The quantitative estimate of drug-likeness (QED) is 0.638. The molecule has 2 aliphatic rings. The van der Waals surface area contributed by atoms with Gasteiger partial charge in [0.05, 0.1) is 4.90 Å². The molecule has 0 bridgehead atoms. The van der Waals surface area contributed by atoms with E-state index in [-0.39, 0.29) is 25.6 Å². The van der Waals surface area contributed by atoms with Gasteiger partial charge in [0.25, 0.3) is 5.91 Å². The van der Waals surface area contributed by atoms with Crippen molar-refractivity contribution in [3.8, 4) is 11.5 Å². The highest BCUT2D eigenvalue weighted by atomic mass is 32.2. The number of carbonyl (C=O) groups is 2. The van der Waals surface area contributed by atoms with E-state index >= 15 is 0 Å². The predicted octanol–water partition coefficient (Wildman–Crippen LogP) is 2.00. The summed E-state index contributed by atoms with van der Waals surface area (Å²) in [5, 5.41) is 0. The van der Waals surface area contributed by atoms with E-state index in [1.807, 2.05) is 25.1 Å².